The van der Waals surface area contributed by atoms with Crippen molar-refractivity contribution in [3.8, 4) is 0 Å². The van der Waals surface area contributed by atoms with Crippen molar-refractivity contribution in [2.75, 3.05) is 0 Å². The Labute approximate surface area is 37.8 Å². The monoisotopic (exact) mass is 86.1 g/mol. The normalized spacial score (nSPS) is 11.8. The molecule has 0 spiro atoms. The minimum atomic E-state index is 0.745. The molecule has 0 aromatic carbocycles. The van der Waals surface area contributed by atoms with Crippen LogP contribution in [-0.2, 0) is 0 Å². The van der Waals surface area contributed by atoms with Crippen LogP contribution in [0.2, 0.25) is 0 Å². The summed E-state index contributed by atoms with van der Waals surface area (Å²) >= 11 is 0. The molecule has 0 aromatic rings. The average molecular weight is 86.1 g/mol. The highest BCUT2D eigenvalue weighted by Crippen LogP contribution is 1.82. The van der Waals surface area contributed by atoms with Crippen molar-refractivity contribution in [1.29, 1.82) is 0 Å². The van der Waals surface area contributed by atoms with E-state index in [1.165, 1.54) is 6.20 Å². The van der Waals surface area contributed by atoms with Crippen molar-refractivity contribution in [2.24, 2.45) is 11.5 Å². The number of nitrogens with two attached hydrogens (primary N) is 2. The maximum Gasteiger partial charge on any atom is 0.0235 e. The highest BCUT2D eigenvalue weighted by atomic mass is 14.6. The summed E-state index contributed by atoms with van der Waals surface area (Å²) in [7, 11) is 0. The third-order valence-electron chi connectivity index (χ3n) is 0.622. The second kappa shape index (κ2) is 2.57. The lowest BCUT2D eigenvalue weighted by Crippen LogP contribution is -1.97. The number of rotatable bonds is 1. The molecule has 0 aliphatic carbocycles. The zero-order valence-corrected chi connectivity index (χ0v) is 3.94. The summed E-state index contributed by atoms with van der Waals surface area (Å²) in [4.78, 5) is 0. The van der Waals surface area contributed by atoms with E-state index in [1.54, 1.807) is 0 Å². The minimum Gasteiger partial charge on any atom is -0.403 e. The van der Waals surface area contributed by atoms with Crippen LogP contribution in [0.15, 0.2) is 11.9 Å². The van der Waals surface area contributed by atoms with Crippen molar-refractivity contribution in [3.63, 3.8) is 0 Å². The Morgan fingerprint density at radius 1 is 1.83 bits per heavy atom. The van der Waals surface area contributed by atoms with Crippen LogP contribution in [0.3, 0.4) is 0 Å². The molecule has 0 fully saturated rings. The fourth-order valence-corrected chi connectivity index (χ4v) is 0.118. The Kier molecular flexibility index (Phi) is 2.29. The Morgan fingerprint density at radius 3 is 2.33 bits per heavy atom. The highest BCUT2D eigenvalue weighted by molar-refractivity contribution is 4.90. The van der Waals surface area contributed by atoms with Crippen molar-refractivity contribution in [1.82, 2.24) is 0 Å². The van der Waals surface area contributed by atoms with Crippen LogP contribution in [0.1, 0.15) is 13.3 Å². The molecule has 0 amide bonds. The molecule has 2 nitrogen and oxygen atoms in total. The Bertz CT molecular complexity index is 56.6. The molecule has 0 aliphatic rings. The summed E-state index contributed by atoms with van der Waals surface area (Å²) in [6.45, 7) is 1.96. The van der Waals surface area contributed by atoms with Gasteiger partial charge >= 0.3 is 0 Å². The maximum absolute atomic E-state index is 5.21. The van der Waals surface area contributed by atoms with Gasteiger partial charge in [0, 0.05) is 11.9 Å². The van der Waals surface area contributed by atoms with E-state index < -0.39 is 0 Å². The van der Waals surface area contributed by atoms with Crippen LogP contribution < -0.4 is 11.5 Å². The fraction of sp³-hybridized carbons (Fsp3) is 0.500. The van der Waals surface area contributed by atoms with Crippen LogP contribution in [-0.4, -0.2) is 0 Å². The Balaban J connectivity index is 3.22. The van der Waals surface area contributed by atoms with Gasteiger partial charge in [-0.2, -0.15) is 0 Å². The van der Waals surface area contributed by atoms with Gasteiger partial charge in [0.2, 0.25) is 0 Å². The Morgan fingerprint density at radius 2 is 2.33 bits per heavy atom. The molecule has 0 bridgehead atoms. The van der Waals surface area contributed by atoms with Gasteiger partial charge in [-0.15, -0.1) is 0 Å². The molecule has 0 atom stereocenters. The second-order valence-corrected chi connectivity index (χ2v) is 1.10. The smallest absolute Gasteiger partial charge is 0.0235 e. The molecule has 0 saturated carbocycles. The second-order valence-electron chi connectivity index (χ2n) is 1.10. The molecule has 0 unspecified atom stereocenters. The molecule has 0 rings (SSSR count). The van der Waals surface area contributed by atoms with Gasteiger partial charge in [0.25, 0.3) is 0 Å². The summed E-state index contributed by atoms with van der Waals surface area (Å²) in [6, 6.07) is 0. The van der Waals surface area contributed by atoms with Gasteiger partial charge in [0.1, 0.15) is 0 Å². The lowest BCUT2D eigenvalue weighted by atomic mass is 10.4. The molecule has 36 valence electrons. The third kappa shape index (κ3) is 1.64. The summed E-state index contributed by atoms with van der Waals surface area (Å²) in [5.74, 6) is 0. The van der Waals surface area contributed by atoms with Gasteiger partial charge in [0.15, 0.2) is 0 Å². The van der Waals surface area contributed by atoms with E-state index in [1.807, 2.05) is 6.92 Å². The van der Waals surface area contributed by atoms with E-state index in [9.17, 15) is 0 Å². The molecule has 0 aromatic heterocycles. The van der Waals surface area contributed by atoms with Gasteiger partial charge < -0.3 is 11.5 Å². The minimum absolute atomic E-state index is 0.745. The molecular weight excluding hydrogens is 76.1 g/mol. The lowest BCUT2D eigenvalue weighted by Gasteiger charge is -1.86. The van der Waals surface area contributed by atoms with E-state index in [0.717, 1.165) is 12.1 Å². The standard InChI is InChI=1S/C4H10N2/c1-2-4(6)3-5/h3H,2,5-6H2,1H3/b4-3-. The van der Waals surface area contributed by atoms with Crippen LogP contribution in [0.25, 0.3) is 0 Å². The molecule has 2 heteroatoms. The molecule has 4 N–H and O–H groups in total. The average Bonchev–Trinajstić information content (AvgIpc) is 1.65. The van der Waals surface area contributed by atoms with E-state index in [0.29, 0.717) is 0 Å². The van der Waals surface area contributed by atoms with Crippen molar-refractivity contribution in [2.45, 2.75) is 13.3 Å². The summed E-state index contributed by atoms with van der Waals surface area (Å²) in [5.41, 5.74) is 10.9. The molecule has 6 heavy (non-hydrogen) atoms. The summed E-state index contributed by atoms with van der Waals surface area (Å²) < 4.78 is 0. The molecule has 0 heterocycles. The predicted molar refractivity (Wildman–Crippen MR) is 26.7 cm³/mol. The maximum atomic E-state index is 5.21. The first kappa shape index (κ1) is 5.34. The van der Waals surface area contributed by atoms with Gasteiger partial charge in [-0.05, 0) is 6.42 Å². The first-order valence-corrected chi connectivity index (χ1v) is 1.97. The predicted octanol–water partition coefficient (Wildman–Crippen LogP) is 0.155. The van der Waals surface area contributed by atoms with Gasteiger partial charge in [0.05, 0.1) is 0 Å². The van der Waals surface area contributed by atoms with E-state index in [4.69, 9.17) is 11.5 Å². The van der Waals surface area contributed by atoms with E-state index in [-0.39, 0.29) is 0 Å². The summed E-state index contributed by atoms with van der Waals surface area (Å²) in [6.07, 6.45) is 2.26. The van der Waals surface area contributed by atoms with Crippen LogP contribution in [0.5, 0.6) is 0 Å². The zero-order chi connectivity index (χ0) is 4.99. The third-order valence-corrected chi connectivity index (χ3v) is 0.622. The topological polar surface area (TPSA) is 52.0 Å². The number of hydrogen-bond acceptors (Lipinski definition) is 2. The Hall–Kier alpha value is -0.660. The first-order valence-electron chi connectivity index (χ1n) is 1.97. The van der Waals surface area contributed by atoms with Gasteiger partial charge in [-0.3, -0.25) is 0 Å². The largest absolute Gasteiger partial charge is 0.403 e. The van der Waals surface area contributed by atoms with Crippen molar-refractivity contribution < 1.29 is 0 Å². The van der Waals surface area contributed by atoms with Crippen molar-refractivity contribution >= 4 is 0 Å². The lowest BCUT2D eigenvalue weighted by molar-refractivity contribution is 1.06. The highest BCUT2D eigenvalue weighted by Gasteiger charge is 1.73. The van der Waals surface area contributed by atoms with Gasteiger partial charge in [-0.25, -0.2) is 0 Å². The molecular formula is C4H10N2. The summed E-state index contributed by atoms with van der Waals surface area (Å²) in [5, 5.41) is 0. The quantitative estimate of drug-likeness (QED) is 0.477. The van der Waals surface area contributed by atoms with Crippen LogP contribution >= 0.6 is 0 Å². The van der Waals surface area contributed by atoms with Crippen molar-refractivity contribution in [3.05, 3.63) is 11.9 Å². The molecule has 0 saturated heterocycles. The number of allylic oxidation sites excluding steroid dienone is 1. The molecule has 0 aliphatic heterocycles. The van der Waals surface area contributed by atoms with E-state index >= 15 is 0 Å². The first-order chi connectivity index (χ1) is 2.81. The fourth-order valence-electron chi connectivity index (χ4n) is 0.118. The number of hydrogen-bond donors (Lipinski definition) is 2. The zero-order valence-electron chi connectivity index (χ0n) is 3.94. The van der Waals surface area contributed by atoms with Crippen LogP contribution in [0.4, 0.5) is 0 Å². The SMILES string of the molecule is CC/C(N)=C/N. The van der Waals surface area contributed by atoms with Crippen LogP contribution in [0, 0.1) is 0 Å². The van der Waals surface area contributed by atoms with E-state index in [2.05, 4.69) is 0 Å². The van der Waals surface area contributed by atoms with Gasteiger partial charge in [-0.1, -0.05) is 6.92 Å². The molecule has 0 radical (unpaired) electrons.